The van der Waals surface area contributed by atoms with Crippen LogP contribution in [-0.4, -0.2) is 9.78 Å². The quantitative estimate of drug-likeness (QED) is 0.572. The van der Waals surface area contributed by atoms with Gasteiger partial charge in [0.05, 0.1) is 5.69 Å². The Balaban J connectivity index is 2.47. The second-order valence-electron chi connectivity index (χ2n) is 3.37. The van der Waals surface area contributed by atoms with Gasteiger partial charge in [-0.3, -0.25) is 0 Å². The lowest BCUT2D eigenvalue weighted by atomic mass is 10.3. The van der Waals surface area contributed by atoms with Crippen LogP contribution in [0.1, 0.15) is 5.69 Å². The van der Waals surface area contributed by atoms with Crippen LogP contribution in [0, 0.1) is 17.5 Å². The second kappa shape index (κ2) is 4.04. The Morgan fingerprint density at radius 3 is 2.00 bits per heavy atom. The SMILES string of the molecule is Fc1cc(-n2ccc(C(F)(F)F)n2)cc(F)c1F. The van der Waals surface area contributed by atoms with E-state index in [4.69, 9.17) is 0 Å². The minimum atomic E-state index is -4.66. The van der Waals surface area contributed by atoms with Crippen molar-refractivity contribution >= 4 is 0 Å². The first-order chi connectivity index (χ1) is 8.29. The summed E-state index contributed by atoms with van der Waals surface area (Å²) < 4.78 is 75.8. The summed E-state index contributed by atoms with van der Waals surface area (Å²) in [5.41, 5.74) is -1.56. The first kappa shape index (κ1) is 12.5. The van der Waals surface area contributed by atoms with Gasteiger partial charge >= 0.3 is 6.18 Å². The van der Waals surface area contributed by atoms with Crippen molar-refractivity contribution in [3.63, 3.8) is 0 Å². The number of aromatic nitrogens is 2. The highest BCUT2D eigenvalue weighted by Crippen LogP contribution is 2.28. The van der Waals surface area contributed by atoms with Crippen LogP contribution in [0.5, 0.6) is 0 Å². The summed E-state index contributed by atoms with van der Waals surface area (Å²) in [6.45, 7) is 0. The molecule has 0 fully saturated rings. The smallest absolute Gasteiger partial charge is 0.240 e. The van der Waals surface area contributed by atoms with Gasteiger partial charge in [-0.2, -0.15) is 18.3 Å². The highest BCUT2D eigenvalue weighted by atomic mass is 19.4. The third-order valence-corrected chi connectivity index (χ3v) is 2.11. The molecule has 18 heavy (non-hydrogen) atoms. The van der Waals surface area contributed by atoms with E-state index in [1.165, 1.54) is 0 Å². The molecule has 0 bridgehead atoms. The van der Waals surface area contributed by atoms with Crippen LogP contribution in [0.3, 0.4) is 0 Å². The molecule has 0 saturated carbocycles. The molecule has 96 valence electrons. The van der Waals surface area contributed by atoms with Crippen LogP contribution in [0.15, 0.2) is 24.4 Å². The summed E-state index contributed by atoms with van der Waals surface area (Å²) in [6, 6.07) is 1.73. The summed E-state index contributed by atoms with van der Waals surface area (Å²) in [4.78, 5) is 0. The molecule has 0 atom stereocenters. The molecule has 0 aliphatic rings. The zero-order chi connectivity index (χ0) is 13.5. The van der Waals surface area contributed by atoms with Crippen molar-refractivity contribution in [3.8, 4) is 5.69 Å². The number of rotatable bonds is 1. The Hall–Kier alpha value is -1.99. The van der Waals surface area contributed by atoms with Crippen LogP contribution in [0.25, 0.3) is 5.69 Å². The van der Waals surface area contributed by atoms with Gasteiger partial charge in [-0.1, -0.05) is 0 Å². The van der Waals surface area contributed by atoms with Crippen molar-refractivity contribution < 1.29 is 26.3 Å². The minimum absolute atomic E-state index is 0.345. The molecule has 2 rings (SSSR count). The Labute approximate surface area is 96.5 Å². The number of alkyl halides is 3. The number of hydrogen-bond donors (Lipinski definition) is 0. The van der Waals surface area contributed by atoms with E-state index in [1.807, 2.05) is 0 Å². The molecule has 0 spiro atoms. The van der Waals surface area contributed by atoms with Crippen molar-refractivity contribution in [3.05, 3.63) is 47.5 Å². The first-order valence-corrected chi connectivity index (χ1v) is 4.57. The fourth-order valence-electron chi connectivity index (χ4n) is 1.29. The molecular formula is C10H4F6N2. The van der Waals surface area contributed by atoms with Crippen LogP contribution in [-0.2, 0) is 6.18 Å². The molecule has 0 saturated heterocycles. The van der Waals surface area contributed by atoms with Gasteiger partial charge in [-0.05, 0) is 6.07 Å². The van der Waals surface area contributed by atoms with Crippen LogP contribution in [0.2, 0.25) is 0 Å². The van der Waals surface area contributed by atoms with E-state index in [0.29, 0.717) is 22.9 Å². The molecule has 1 heterocycles. The van der Waals surface area contributed by atoms with E-state index in [2.05, 4.69) is 5.10 Å². The van der Waals surface area contributed by atoms with Gasteiger partial charge in [0.1, 0.15) is 0 Å². The molecule has 0 N–H and O–H groups in total. The number of halogens is 6. The number of benzene rings is 1. The summed E-state index contributed by atoms with van der Waals surface area (Å²) in [5, 5.41) is 3.10. The van der Waals surface area contributed by atoms with Crippen molar-refractivity contribution in [1.82, 2.24) is 9.78 Å². The predicted molar refractivity (Wildman–Crippen MR) is 48.4 cm³/mol. The van der Waals surface area contributed by atoms with E-state index in [9.17, 15) is 26.3 Å². The van der Waals surface area contributed by atoms with Crippen molar-refractivity contribution in [2.45, 2.75) is 6.18 Å². The molecule has 2 nitrogen and oxygen atoms in total. The van der Waals surface area contributed by atoms with E-state index < -0.39 is 29.3 Å². The molecule has 2 aromatic rings. The molecule has 0 unspecified atom stereocenters. The molecule has 8 heteroatoms. The average Bonchev–Trinajstić information content (AvgIpc) is 2.73. The largest absolute Gasteiger partial charge is 0.435 e. The molecule has 0 aliphatic heterocycles. The first-order valence-electron chi connectivity index (χ1n) is 4.57. The van der Waals surface area contributed by atoms with Gasteiger partial charge in [0, 0.05) is 18.3 Å². The van der Waals surface area contributed by atoms with Crippen LogP contribution < -0.4 is 0 Å². The third-order valence-electron chi connectivity index (χ3n) is 2.11. The standard InChI is InChI=1S/C10H4F6N2/c11-6-3-5(4-7(12)9(6)13)18-2-1-8(17-18)10(14,15)16/h1-4H. The summed E-state index contributed by atoms with van der Waals surface area (Å²) >= 11 is 0. The Morgan fingerprint density at radius 2 is 1.56 bits per heavy atom. The predicted octanol–water partition coefficient (Wildman–Crippen LogP) is 3.31. The fraction of sp³-hybridized carbons (Fsp3) is 0.100. The van der Waals surface area contributed by atoms with Crippen molar-refractivity contribution in [2.75, 3.05) is 0 Å². The van der Waals surface area contributed by atoms with Gasteiger partial charge < -0.3 is 0 Å². The van der Waals surface area contributed by atoms with Crippen molar-refractivity contribution in [2.24, 2.45) is 0 Å². The molecule has 0 aliphatic carbocycles. The monoisotopic (exact) mass is 266 g/mol. The number of hydrogen-bond acceptors (Lipinski definition) is 1. The van der Waals surface area contributed by atoms with Gasteiger partial charge in [0.15, 0.2) is 23.1 Å². The highest BCUT2D eigenvalue weighted by Gasteiger charge is 2.33. The highest BCUT2D eigenvalue weighted by molar-refractivity contribution is 5.33. The molecule has 1 aromatic heterocycles. The fourth-order valence-corrected chi connectivity index (χ4v) is 1.29. The lowest BCUT2D eigenvalue weighted by Crippen LogP contribution is -2.07. The summed E-state index contributed by atoms with van der Waals surface area (Å²) in [6.07, 6.45) is -3.79. The number of nitrogens with zero attached hydrogens (tertiary/aromatic N) is 2. The zero-order valence-electron chi connectivity index (χ0n) is 8.47. The Morgan fingerprint density at radius 1 is 1.00 bits per heavy atom. The topological polar surface area (TPSA) is 17.8 Å². The lowest BCUT2D eigenvalue weighted by Gasteiger charge is -2.04. The Bertz CT molecular complexity index is 563. The van der Waals surface area contributed by atoms with Gasteiger partial charge in [0.2, 0.25) is 0 Å². The minimum Gasteiger partial charge on any atom is -0.240 e. The molecular weight excluding hydrogens is 262 g/mol. The average molecular weight is 266 g/mol. The van der Waals surface area contributed by atoms with E-state index in [0.717, 1.165) is 6.20 Å². The Kier molecular flexibility index (Phi) is 2.80. The maximum atomic E-state index is 12.9. The normalized spacial score (nSPS) is 11.9. The molecule has 0 amide bonds. The van der Waals surface area contributed by atoms with Gasteiger partial charge in [0.25, 0.3) is 0 Å². The van der Waals surface area contributed by atoms with Crippen molar-refractivity contribution in [1.29, 1.82) is 0 Å². The second-order valence-corrected chi connectivity index (χ2v) is 3.37. The zero-order valence-corrected chi connectivity index (χ0v) is 8.47. The summed E-state index contributed by atoms with van der Waals surface area (Å²) in [7, 11) is 0. The van der Waals surface area contributed by atoms with E-state index in [1.54, 1.807) is 0 Å². The lowest BCUT2D eigenvalue weighted by molar-refractivity contribution is -0.141. The van der Waals surface area contributed by atoms with Gasteiger partial charge in [-0.25, -0.2) is 17.9 Å². The third kappa shape index (κ3) is 2.18. The summed E-state index contributed by atoms with van der Waals surface area (Å²) in [5.74, 6) is -4.70. The maximum absolute atomic E-state index is 12.9. The van der Waals surface area contributed by atoms with Crippen LogP contribution in [0.4, 0.5) is 26.3 Å². The molecule has 0 radical (unpaired) electrons. The van der Waals surface area contributed by atoms with Gasteiger partial charge in [-0.15, -0.1) is 0 Å². The molecule has 1 aromatic carbocycles. The van der Waals surface area contributed by atoms with E-state index in [-0.39, 0.29) is 5.69 Å². The van der Waals surface area contributed by atoms with Crippen LogP contribution >= 0.6 is 0 Å². The van der Waals surface area contributed by atoms with E-state index >= 15 is 0 Å². The maximum Gasteiger partial charge on any atom is 0.435 e.